The van der Waals surface area contributed by atoms with Crippen molar-refractivity contribution in [3.8, 4) is 0 Å². The first-order valence-electron chi connectivity index (χ1n) is 5.97. The number of amides is 3. The van der Waals surface area contributed by atoms with Crippen LogP contribution < -0.4 is 5.32 Å². The molecule has 3 amide bonds. The molecule has 2 heterocycles. The number of hydrogen-bond donors (Lipinski definition) is 1. The van der Waals surface area contributed by atoms with Gasteiger partial charge in [-0.1, -0.05) is 19.9 Å². The molecule has 1 aromatic heterocycles. The summed E-state index contributed by atoms with van der Waals surface area (Å²) in [6.07, 6.45) is 0.695. The van der Waals surface area contributed by atoms with Crippen molar-refractivity contribution in [2.24, 2.45) is 5.41 Å². The number of urea groups is 1. The number of carbonyl (C=O) groups excluding carboxylic acids is 2. The quantitative estimate of drug-likeness (QED) is 0.827. The minimum absolute atomic E-state index is 0.132. The number of imide groups is 1. The normalized spacial score (nSPS) is 17.9. The van der Waals surface area contributed by atoms with E-state index in [2.05, 4.69) is 10.3 Å². The van der Waals surface area contributed by atoms with Crippen LogP contribution in [-0.4, -0.2) is 28.4 Å². The Bertz CT molecular complexity index is 497. The first-order valence-corrected chi connectivity index (χ1v) is 5.97. The Balaban J connectivity index is 2.08. The molecule has 0 bridgehead atoms. The minimum Gasteiger partial charge on any atom is -0.292 e. The number of aryl methyl sites for hydroxylation is 1. The van der Waals surface area contributed by atoms with Gasteiger partial charge < -0.3 is 0 Å². The van der Waals surface area contributed by atoms with Crippen LogP contribution in [0.1, 0.15) is 26.0 Å². The van der Waals surface area contributed by atoms with Crippen molar-refractivity contribution in [1.29, 1.82) is 0 Å². The van der Waals surface area contributed by atoms with Gasteiger partial charge in [0.15, 0.2) is 0 Å². The topological polar surface area (TPSA) is 62.3 Å². The van der Waals surface area contributed by atoms with Crippen LogP contribution in [0.3, 0.4) is 0 Å². The predicted molar refractivity (Wildman–Crippen MR) is 68.1 cm³/mol. The number of likely N-dealkylation sites (tertiary alicyclic amines) is 1. The largest absolute Gasteiger partial charge is 0.329 e. The highest BCUT2D eigenvalue weighted by Gasteiger charge is 2.41. The molecule has 1 fully saturated rings. The molecule has 5 nitrogen and oxygen atoms in total. The zero-order valence-corrected chi connectivity index (χ0v) is 10.9. The molecular weight excluding hydrogens is 230 g/mol. The summed E-state index contributed by atoms with van der Waals surface area (Å²) in [5.74, 6) is 0.338. The number of anilines is 1. The fourth-order valence-electron chi connectivity index (χ4n) is 1.95. The predicted octanol–water partition coefficient (Wildman–Crippen LogP) is 2.18. The molecule has 0 atom stereocenters. The van der Waals surface area contributed by atoms with E-state index in [4.69, 9.17) is 0 Å². The second-order valence-corrected chi connectivity index (χ2v) is 5.19. The highest BCUT2D eigenvalue weighted by atomic mass is 16.2. The number of nitrogens with zero attached hydrogens (tertiary/aromatic N) is 2. The summed E-state index contributed by atoms with van der Waals surface area (Å²) >= 11 is 0. The molecule has 5 heteroatoms. The maximum absolute atomic E-state index is 12.0. The van der Waals surface area contributed by atoms with Crippen LogP contribution in [0.4, 0.5) is 10.6 Å². The Morgan fingerprint density at radius 3 is 2.72 bits per heavy atom. The summed E-state index contributed by atoms with van der Waals surface area (Å²) < 4.78 is 0. The monoisotopic (exact) mass is 247 g/mol. The van der Waals surface area contributed by atoms with Crippen molar-refractivity contribution in [2.45, 2.75) is 27.2 Å². The number of nitrogens with one attached hydrogen (secondary N) is 1. The molecule has 2 rings (SSSR count). The molecule has 1 aliphatic rings. The molecule has 0 saturated carbocycles. The van der Waals surface area contributed by atoms with Gasteiger partial charge in [-0.25, -0.2) is 9.78 Å². The third kappa shape index (κ3) is 2.34. The van der Waals surface area contributed by atoms with E-state index in [1.54, 1.807) is 6.07 Å². The average molecular weight is 247 g/mol. The Morgan fingerprint density at radius 2 is 2.17 bits per heavy atom. The van der Waals surface area contributed by atoms with Crippen molar-refractivity contribution in [3.63, 3.8) is 0 Å². The molecule has 1 aromatic rings. The molecule has 0 aliphatic carbocycles. The number of hydrogen-bond acceptors (Lipinski definition) is 3. The first-order chi connectivity index (χ1) is 8.40. The minimum atomic E-state index is -0.447. The number of carbonyl (C=O) groups is 2. The lowest BCUT2D eigenvalue weighted by Gasteiger charge is -2.18. The molecule has 0 radical (unpaired) electrons. The number of pyridine rings is 1. The summed E-state index contributed by atoms with van der Waals surface area (Å²) in [5, 5.41) is 2.65. The highest BCUT2D eigenvalue weighted by molar-refractivity contribution is 6.03. The lowest BCUT2D eigenvalue weighted by Crippen LogP contribution is -2.39. The first kappa shape index (κ1) is 12.5. The zero-order valence-electron chi connectivity index (χ0n) is 10.9. The molecule has 0 spiro atoms. The van der Waals surface area contributed by atoms with Gasteiger partial charge in [0, 0.05) is 17.7 Å². The molecular formula is C13H17N3O2. The summed E-state index contributed by atoms with van der Waals surface area (Å²) in [6, 6.07) is 4.97. The van der Waals surface area contributed by atoms with Crippen molar-refractivity contribution < 1.29 is 9.59 Å². The van der Waals surface area contributed by atoms with E-state index < -0.39 is 11.4 Å². The summed E-state index contributed by atoms with van der Waals surface area (Å²) in [7, 11) is 0. The molecule has 1 saturated heterocycles. The van der Waals surface area contributed by atoms with Gasteiger partial charge in [0.1, 0.15) is 5.82 Å². The van der Waals surface area contributed by atoms with Gasteiger partial charge in [0.2, 0.25) is 5.91 Å². The van der Waals surface area contributed by atoms with Crippen molar-refractivity contribution in [3.05, 3.63) is 23.9 Å². The van der Waals surface area contributed by atoms with Crippen molar-refractivity contribution in [2.75, 3.05) is 11.9 Å². The fraction of sp³-hybridized carbons (Fsp3) is 0.462. The maximum atomic E-state index is 12.0. The molecule has 96 valence electrons. The molecule has 0 unspecified atom stereocenters. The van der Waals surface area contributed by atoms with Crippen LogP contribution in [-0.2, 0) is 4.79 Å². The van der Waals surface area contributed by atoms with Crippen LogP contribution >= 0.6 is 0 Å². The third-order valence-corrected chi connectivity index (χ3v) is 3.15. The van der Waals surface area contributed by atoms with Crippen LogP contribution in [0.2, 0.25) is 0 Å². The Hall–Kier alpha value is -1.91. The van der Waals surface area contributed by atoms with Crippen LogP contribution in [0.15, 0.2) is 18.2 Å². The van der Waals surface area contributed by atoms with E-state index in [-0.39, 0.29) is 5.91 Å². The van der Waals surface area contributed by atoms with E-state index in [0.29, 0.717) is 18.8 Å². The summed E-state index contributed by atoms with van der Waals surface area (Å²) in [6.45, 7) is 6.02. The second-order valence-electron chi connectivity index (χ2n) is 5.19. The average Bonchev–Trinajstić information content (AvgIpc) is 2.54. The van der Waals surface area contributed by atoms with Gasteiger partial charge in [-0.15, -0.1) is 0 Å². The van der Waals surface area contributed by atoms with Gasteiger partial charge in [-0.05, 0) is 25.5 Å². The van der Waals surface area contributed by atoms with Crippen molar-refractivity contribution >= 4 is 17.8 Å². The van der Waals surface area contributed by atoms with Crippen LogP contribution in [0.25, 0.3) is 0 Å². The summed E-state index contributed by atoms with van der Waals surface area (Å²) in [5.41, 5.74) is 0.373. The molecule has 0 aromatic carbocycles. The lowest BCUT2D eigenvalue weighted by molar-refractivity contribution is -0.131. The molecule has 1 N–H and O–H groups in total. The lowest BCUT2D eigenvalue weighted by atomic mass is 9.92. The SMILES string of the molecule is Cc1cccc(NC(=O)N2CCC(C)(C)C2=O)n1. The number of aromatic nitrogens is 1. The summed E-state index contributed by atoms with van der Waals surface area (Å²) in [4.78, 5) is 29.4. The molecule has 1 aliphatic heterocycles. The van der Waals surface area contributed by atoms with E-state index in [9.17, 15) is 9.59 Å². The van der Waals surface area contributed by atoms with E-state index in [1.807, 2.05) is 32.9 Å². The Kier molecular flexibility index (Phi) is 3.07. The van der Waals surface area contributed by atoms with E-state index >= 15 is 0 Å². The molecule has 18 heavy (non-hydrogen) atoms. The van der Waals surface area contributed by atoms with Crippen LogP contribution in [0.5, 0.6) is 0 Å². The third-order valence-electron chi connectivity index (χ3n) is 3.15. The maximum Gasteiger partial charge on any atom is 0.329 e. The Morgan fingerprint density at radius 1 is 1.44 bits per heavy atom. The Labute approximate surface area is 106 Å². The zero-order chi connectivity index (χ0) is 13.3. The van der Waals surface area contributed by atoms with Gasteiger partial charge >= 0.3 is 6.03 Å². The standard InChI is InChI=1S/C13H17N3O2/c1-9-5-4-6-10(14-9)15-12(18)16-8-7-13(2,3)11(16)17/h4-6H,7-8H2,1-3H3,(H,14,15,18). The van der Waals surface area contributed by atoms with Crippen molar-refractivity contribution in [1.82, 2.24) is 9.88 Å². The second kappa shape index (κ2) is 4.40. The van der Waals surface area contributed by atoms with Gasteiger partial charge in [-0.2, -0.15) is 0 Å². The van der Waals surface area contributed by atoms with E-state index in [1.165, 1.54) is 4.90 Å². The smallest absolute Gasteiger partial charge is 0.292 e. The highest BCUT2D eigenvalue weighted by Crippen LogP contribution is 2.30. The van der Waals surface area contributed by atoms with Gasteiger partial charge in [0.05, 0.1) is 0 Å². The van der Waals surface area contributed by atoms with E-state index in [0.717, 1.165) is 5.69 Å². The fourth-order valence-corrected chi connectivity index (χ4v) is 1.95. The number of rotatable bonds is 1. The van der Waals surface area contributed by atoms with Gasteiger partial charge in [0.25, 0.3) is 0 Å². The van der Waals surface area contributed by atoms with Crippen LogP contribution in [0, 0.1) is 12.3 Å². The van der Waals surface area contributed by atoms with Gasteiger partial charge in [-0.3, -0.25) is 15.0 Å².